The van der Waals surface area contributed by atoms with Crippen molar-refractivity contribution in [1.29, 1.82) is 0 Å². The average Bonchev–Trinajstić information content (AvgIpc) is 3.60. The molecular weight excluding hydrogens is 462 g/mol. The zero-order valence-corrected chi connectivity index (χ0v) is 19.5. The van der Waals surface area contributed by atoms with Gasteiger partial charge in [-0.2, -0.15) is 4.98 Å². The third-order valence-corrected chi connectivity index (χ3v) is 7.14. The number of aromatic amines is 1. The van der Waals surface area contributed by atoms with Gasteiger partial charge in [0.05, 0.1) is 28.9 Å². The van der Waals surface area contributed by atoms with E-state index in [2.05, 4.69) is 76.7 Å². The molecule has 3 aromatic carbocycles. The van der Waals surface area contributed by atoms with E-state index in [0.29, 0.717) is 35.6 Å². The molecule has 1 N–H and O–H groups in total. The first-order chi connectivity index (χ1) is 17.2. The molecule has 2 aromatic heterocycles. The van der Waals surface area contributed by atoms with Crippen molar-refractivity contribution in [2.45, 2.75) is 24.7 Å². The van der Waals surface area contributed by atoms with E-state index < -0.39 is 0 Å². The standard InChI is InChI=1S/C28H22ClN3O3/c29-21-14-22-27(32-28(30-22)35-24-15-34-23-12-13-33-26(23)24)31-25(21)18-10-8-17(9-11-18)20-7-3-5-16-4-1-2-6-19(16)20/h1-11,14,23-24,26H,12-13,15H2,(H,30,31,32)/t23-,24-,26+/m1/s1. The molecule has 0 bridgehead atoms. The maximum absolute atomic E-state index is 6.63. The maximum Gasteiger partial charge on any atom is 0.296 e. The smallest absolute Gasteiger partial charge is 0.296 e. The van der Waals surface area contributed by atoms with Crippen LogP contribution in [0, 0.1) is 0 Å². The fourth-order valence-corrected chi connectivity index (χ4v) is 5.37. The summed E-state index contributed by atoms with van der Waals surface area (Å²) < 4.78 is 17.6. The van der Waals surface area contributed by atoms with Crippen LogP contribution in [0.4, 0.5) is 0 Å². The van der Waals surface area contributed by atoms with Crippen LogP contribution < -0.4 is 4.74 Å². The van der Waals surface area contributed by atoms with Crippen LogP contribution in [0.25, 0.3) is 44.3 Å². The number of imidazole rings is 1. The van der Waals surface area contributed by atoms with E-state index in [1.807, 2.05) is 6.07 Å². The summed E-state index contributed by atoms with van der Waals surface area (Å²) in [5.41, 5.74) is 5.24. The summed E-state index contributed by atoms with van der Waals surface area (Å²) in [6, 6.07) is 25.3. The van der Waals surface area contributed by atoms with E-state index in [0.717, 1.165) is 23.1 Å². The minimum Gasteiger partial charge on any atom is -0.456 e. The molecule has 0 saturated carbocycles. The second-order valence-electron chi connectivity index (χ2n) is 8.99. The molecule has 0 aliphatic carbocycles. The summed E-state index contributed by atoms with van der Waals surface area (Å²) >= 11 is 6.63. The summed E-state index contributed by atoms with van der Waals surface area (Å²) in [4.78, 5) is 12.5. The first kappa shape index (κ1) is 20.9. The Hall–Kier alpha value is -3.45. The highest BCUT2D eigenvalue weighted by Gasteiger charge is 2.43. The lowest BCUT2D eigenvalue weighted by Gasteiger charge is -2.15. The van der Waals surface area contributed by atoms with Crippen LogP contribution in [0.15, 0.2) is 72.8 Å². The van der Waals surface area contributed by atoms with Crippen molar-refractivity contribution in [1.82, 2.24) is 15.0 Å². The van der Waals surface area contributed by atoms with Gasteiger partial charge in [0.15, 0.2) is 11.8 Å². The molecule has 5 aromatic rings. The lowest BCUT2D eigenvalue weighted by molar-refractivity contribution is 0.0273. The molecule has 0 amide bonds. The molecule has 6 nitrogen and oxygen atoms in total. The first-order valence-electron chi connectivity index (χ1n) is 11.8. The van der Waals surface area contributed by atoms with Gasteiger partial charge in [0, 0.05) is 12.2 Å². The normalized spacial score (nSPS) is 21.6. The summed E-state index contributed by atoms with van der Waals surface area (Å²) in [6.45, 7) is 1.20. The minimum absolute atomic E-state index is 0.0458. The molecule has 2 aliphatic rings. The Kier molecular flexibility index (Phi) is 4.98. The van der Waals surface area contributed by atoms with Gasteiger partial charge in [-0.05, 0) is 34.4 Å². The number of nitrogens with zero attached hydrogens (tertiary/aromatic N) is 2. The molecule has 0 radical (unpaired) electrons. The molecule has 7 rings (SSSR count). The van der Waals surface area contributed by atoms with Crippen molar-refractivity contribution in [2.75, 3.05) is 13.2 Å². The first-order valence-corrected chi connectivity index (χ1v) is 12.2. The molecule has 0 spiro atoms. The Morgan fingerprint density at radius 3 is 2.66 bits per heavy atom. The van der Waals surface area contributed by atoms with E-state index in [-0.39, 0.29) is 18.3 Å². The minimum atomic E-state index is -0.181. The van der Waals surface area contributed by atoms with Crippen molar-refractivity contribution in [3.8, 4) is 28.4 Å². The van der Waals surface area contributed by atoms with Gasteiger partial charge in [-0.25, -0.2) is 4.98 Å². The van der Waals surface area contributed by atoms with E-state index >= 15 is 0 Å². The van der Waals surface area contributed by atoms with Gasteiger partial charge in [0.1, 0.15) is 6.10 Å². The quantitative estimate of drug-likeness (QED) is 0.338. The largest absolute Gasteiger partial charge is 0.456 e. The highest BCUT2D eigenvalue weighted by Crippen LogP contribution is 2.34. The van der Waals surface area contributed by atoms with Gasteiger partial charge in [-0.1, -0.05) is 78.3 Å². The molecule has 2 saturated heterocycles. The predicted molar refractivity (Wildman–Crippen MR) is 136 cm³/mol. The van der Waals surface area contributed by atoms with Crippen LogP contribution in [0.2, 0.25) is 5.02 Å². The number of rotatable bonds is 4. The van der Waals surface area contributed by atoms with Crippen LogP contribution in [-0.4, -0.2) is 46.5 Å². The van der Waals surface area contributed by atoms with Crippen LogP contribution in [0.3, 0.4) is 0 Å². The highest BCUT2D eigenvalue weighted by molar-refractivity contribution is 6.33. The van der Waals surface area contributed by atoms with Gasteiger partial charge in [-0.3, -0.25) is 0 Å². The number of hydrogen-bond donors (Lipinski definition) is 1. The number of hydrogen-bond acceptors (Lipinski definition) is 5. The molecule has 3 atom stereocenters. The third kappa shape index (κ3) is 3.65. The van der Waals surface area contributed by atoms with Crippen molar-refractivity contribution in [3.63, 3.8) is 0 Å². The fraction of sp³-hybridized carbons (Fsp3) is 0.214. The summed E-state index contributed by atoms with van der Waals surface area (Å²) in [7, 11) is 0. The maximum atomic E-state index is 6.63. The Morgan fingerprint density at radius 1 is 0.914 bits per heavy atom. The SMILES string of the molecule is Clc1cc2[nH]c(O[C@@H]3CO[C@@H]4CCO[C@@H]43)nc2nc1-c1ccc(-c2cccc3ccccc23)cc1. The number of H-pyrrole nitrogens is 1. The molecule has 0 unspecified atom stereocenters. The number of pyridine rings is 1. The molecule has 35 heavy (non-hydrogen) atoms. The lowest BCUT2D eigenvalue weighted by Crippen LogP contribution is -2.32. The van der Waals surface area contributed by atoms with Crippen LogP contribution in [0.5, 0.6) is 6.01 Å². The van der Waals surface area contributed by atoms with Gasteiger partial charge >= 0.3 is 0 Å². The Labute approximate surface area is 206 Å². The number of halogens is 1. The molecule has 7 heteroatoms. The van der Waals surface area contributed by atoms with E-state index in [1.165, 1.54) is 16.3 Å². The number of benzene rings is 3. The Balaban J connectivity index is 1.18. The third-order valence-electron chi connectivity index (χ3n) is 6.85. The van der Waals surface area contributed by atoms with Gasteiger partial charge in [0.25, 0.3) is 6.01 Å². The topological polar surface area (TPSA) is 69.3 Å². The number of nitrogens with one attached hydrogen (secondary N) is 1. The van der Waals surface area contributed by atoms with Gasteiger partial charge in [0.2, 0.25) is 0 Å². The zero-order valence-electron chi connectivity index (χ0n) is 18.8. The monoisotopic (exact) mass is 483 g/mol. The predicted octanol–water partition coefficient (Wildman–Crippen LogP) is 6.03. The Bertz CT molecular complexity index is 1540. The van der Waals surface area contributed by atoms with Crippen LogP contribution >= 0.6 is 11.6 Å². The van der Waals surface area contributed by atoms with E-state index in [1.54, 1.807) is 0 Å². The fourth-order valence-electron chi connectivity index (χ4n) is 5.11. The van der Waals surface area contributed by atoms with Crippen LogP contribution in [0.1, 0.15) is 6.42 Å². The van der Waals surface area contributed by atoms with Crippen molar-refractivity contribution >= 4 is 33.5 Å². The van der Waals surface area contributed by atoms with Crippen molar-refractivity contribution in [3.05, 3.63) is 77.8 Å². The molecule has 174 valence electrons. The summed E-state index contributed by atoms with van der Waals surface area (Å²) in [5.74, 6) is 0. The molecule has 2 fully saturated rings. The number of fused-ring (bicyclic) bond motifs is 3. The number of ether oxygens (including phenoxy) is 3. The van der Waals surface area contributed by atoms with Crippen molar-refractivity contribution in [2.24, 2.45) is 0 Å². The number of aromatic nitrogens is 3. The van der Waals surface area contributed by atoms with Crippen LogP contribution in [-0.2, 0) is 9.47 Å². The van der Waals surface area contributed by atoms with Crippen molar-refractivity contribution < 1.29 is 14.2 Å². The molecular formula is C28H22ClN3O3. The molecule has 4 heterocycles. The second-order valence-corrected chi connectivity index (χ2v) is 9.40. The lowest BCUT2D eigenvalue weighted by atomic mass is 9.97. The average molecular weight is 484 g/mol. The summed E-state index contributed by atoms with van der Waals surface area (Å²) in [5, 5.41) is 3.00. The van der Waals surface area contributed by atoms with E-state index in [4.69, 9.17) is 30.8 Å². The summed E-state index contributed by atoms with van der Waals surface area (Å²) in [6.07, 6.45) is 0.792. The highest BCUT2D eigenvalue weighted by atomic mass is 35.5. The zero-order chi connectivity index (χ0) is 23.4. The van der Waals surface area contributed by atoms with E-state index in [9.17, 15) is 0 Å². The van der Waals surface area contributed by atoms with Gasteiger partial charge in [-0.15, -0.1) is 0 Å². The molecule has 2 aliphatic heterocycles. The Morgan fingerprint density at radius 2 is 1.74 bits per heavy atom. The van der Waals surface area contributed by atoms with Gasteiger partial charge < -0.3 is 19.2 Å². The second kappa shape index (κ2) is 8.34.